The van der Waals surface area contributed by atoms with Crippen LogP contribution in [0.5, 0.6) is 5.88 Å². The molecule has 4 nitrogen and oxygen atoms in total. The molecule has 0 radical (unpaired) electrons. The number of aromatic nitrogens is 2. The lowest BCUT2D eigenvalue weighted by molar-refractivity contribution is 0.291. The van der Waals surface area contributed by atoms with Gasteiger partial charge in [-0.2, -0.15) is 0 Å². The Morgan fingerprint density at radius 2 is 2.12 bits per heavy atom. The number of ether oxygens (including phenoxy) is 1. The maximum atomic E-state index is 11.7. The third-order valence-electron chi connectivity index (χ3n) is 2.56. The van der Waals surface area contributed by atoms with E-state index in [1.165, 1.54) is 0 Å². The van der Waals surface area contributed by atoms with E-state index in [0.29, 0.717) is 6.61 Å². The Bertz CT molecular complexity index is 548. The van der Waals surface area contributed by atoms with E-state index < -0.39 is 0 Å². The molecule has 2 rings (SSSR count). The summed E-state index contributed by atoms with van der Waals surface area (Å²) in [6.07, 6.45) is 3.18. The summed E-state index contributed by atoms with van der Waals surface area (Å²) in [6.45, 7) is 2.67. The zero-order chi connectivity index (χ0) is 12.1. The zero-order valence-corrected chi connectivity index (χ0v) is 9.90. The van der Waals surface area contributed by atoms with Gasteiger partial charge in [0.1, 0.15) is 0 Å². The lowest BCUT2D eigenvalue weighted by Crippen LogP contribution is -2.14. The standard InChI is InChI=1S/C13H16N2O2/c1-2-3-6-9-17-13-12(16)14-10-7-4-5-8-11(10)15-13/h4-5,7-8H,2-3,6,9H2,1H3,(H,14,16). The SMILES string of the molecule is CCCCCOc1nc2ccccc2[nH]c1=O. The van der Waals surface area contributed by atoms with Crippen LogP contribution in [-0.2, 0) is 0 Å². The topological polar surface area (TPSA) is 55.0 Å². The summed E-state index contributed by atoms with van der Waals surface area (Å²) in [5, 5.41) is 0. The fourth-order valence-corrected chi connectivity index (χ4v) is 1.63. The van der Waals surface area contributed by atoms with Crippen molar-refractivity contribution in [3.05, 3.63) is 34.6 Å². The molecule has 0 aliphatic rings. The number of nitrogens with zero attached hydrogens (tertiary/aromatic N) is 1. The molecular weight excluding hydrogens is 216 g/mol. The summed E-state index contributed by atoms with van der Waals surface area (Å²) < 4.78 is 5.39. The molecule has 4 heteroatoms. The summed E-state index contributed by atoms with van der Waals surface area (Å²) in [7, 11) is 0. The van der Waals surface area contributed by atoms with E-state index >= 15 is 0 Å². The summed E-state index contributed by atoms with van der Waals surface area (Å²) in [4.78, 5) is 18.6. The van der Waals surface area contributed by atoms with Gasteiger partial charge in [0.2, 0.25) is 0 Å². The van der Waals surface area contributed by atoms with Gasteiger partial charge in [0.15, 0.2) is 0 Å². The minimum absolute atomic E-state index is 0.166. The number of aromatic amines is 1. The molecule has 17 heavy (non-hydrogen) atoms. The first-order valence-corrected chi connectivity index (χ1v) is 5.93. The molecule has 0 unspecified atom stereocenters. The van der Waals surface area contributed by atoms with Crippen LogP contribution in [0.2, 0.25) is 0 Å². The molecule has 0 bridgehead atoms. The Balaban J connectivity index is 2.17. The lowest BCUT2D eigenvalue weighted by atomic mass is 10.3. The molecule has 90 valence electrons. The van der Waals surface area contributed by atoms with Gasteiger partial charge >= 0.3 is 5.56 Å². The lowest BCUT2D eigenvalue weighted by Gasteiger charge is -2.04. The van der Waals surface area contributed by atoms with Crippen LogP contribution in [0, 0.1) is 0 Å². The van der Waals surface area contributed by atoms with Crippen molar-refractivity contribution in [1.82, 2.24) is 9.97 Å². The summed E-state index contributed by atoms with van der Waals surface area (Å²) in [5.41, 5.74) is 1.22. The molecule has 1 aromatic carbocycles. The van der Waals surface area contributed by atoms with Gasteiger partial charge in [-0.25, -0.2) is 4.98 Å². The Labute approximate surface area is 99.7 Å². The second-order valence-electron chi connectivity index (χ2n) is 3.94. The number of hydrogen-bond donors (Lipinski definition) is 1. The van der Waals surface area contributed by atoms with Crippen molar-refractivity contribution in [2.24, 2.45) is 0 Å². The Morgan fingerprint density at radius 3 is 2.94 bits per heavy atom. The monoisotopic (exact) mass is 232 g/mol. The minimum atomic E-state index is -0.264. The maximum absolute atomic E-state index is 11.7. The van der Waals surface area contributed by atoms with Crippen molar-refractivity contribution in [3.8, 4) is 5.88 Å². The van der Waals surface area contributed by atoms with Crippen LogP contribution in [0.15, 0.2) is 29.1 Å². The normalized spacial score (nSPS) is 10.6. The summed E-state index contributed by atoms with van der Waals surface area (Å²) >= 11 is 0. The number of para-hydroxylation sites is 2. The molecule has 1 aromatic heterocycles. The largest absolute Gasteiger partial charge is 0.474 e. The summed E-state index contributed by atoms with van der Waals surface area (Å²) in [5.74, 6) is 0.166. The predicted molar refractivity (Wildman–Crippen MR) is 67.4 cm³/mol. The molecule has 0 aliphatic carbocycles. The fourth-order valence-electron chi connectivity index (χ4n) is 1.63. The average molecular weight is 232 g/mol. The number of unbranched alkanes of at least 4 members (excludes halogenated alkanes) is 2. The van der Waals surface area contributed by atoms with E-state index in [9.17, 15) is 4.79 Å². The van der Waals surface area contributed by atoms with Gasteiger partial charge in [0, 0.05) is 0 Å². The van der Waals surface area contributed by atoms with Crippen LogP contribution in [0.25, 0.3) is 11.0 Å². The van der Waals surface area contributed by atoms with Crippen LogP contribution in [-0.4, -0.2) is 16.6 Å². The number of H-pyrrole nitrogens is 1. The quantitative estimate of drug-likeness (QED) is 0.806. The smallest absolute Gasteiger partial charge is 0.311 e. The zero-order valence-electron chi connectivity index (χ0n) is 9.90. The molecule has 0 fully saturated rings. The van der Waals surface area contributed by atoms with Crippen molar-refractivity contribution in [1.29, 1.82) is 0 Å². The molecule has 0 aliphatic heterocycles. The van der Waals surface area contributed by atoms with Crippen LogP contribution >= 0.6 is 0 Å². The fraction of sp³-hybridized carbons (Fsp3) is 0.385. The van der Waals surface area contributed by atoms with E-state index in [0.717, 1.165) is 30.3 Å². The number of rotatable bonds is 5. The molecule has 0 saturated heterocycles. The van der Waals surface area contributed by atoms with E-state index in [1.54, 1.807) is 0 Å². The molecule has 0 amide bonds. The number of nitrogens with one attached hydrogen (secondary N) is 1. The molecule has 0 atom stereocenters. The molecule has 0 spiro atoms. The average Bonchev–Trinajstić information content (AvgIpc) is 2.35. The highest BCUT2D eigenvalue weighted by Gasteiger charge is 2.04. The van der Waals surface area contributed by atoms with E-state index in [2.05, 4.69) is 16.9 Å². The predicted octanol–water partition coefficient (Wildman–Crippen LogP) is 2.49. The Morgan fingerprint density at radius 1 is 1.29 bits per heavy atom. The number of benzene rings is 1. The van der Waals surface area contributed by atoms with Gasteiger partial charge in [-0.05, 0) is 18.6 Å². The van der Waals surface area contributed by atoms with Crippen molar-refractivity contribution in [2.75, 3.05) is 6.61 Å². The maximum Gasteiger partial charge on any atom is 0.311 e. The highest BCUT2D eigenvalue weighted by atomic mass is 16.5. The highest BCUT2D eigenvalue weighted by molar-refractivity contribution is 5.73. The van der Waals surface area contributed by atoms with Gasteiger partial charge < -0.3 is 9.72 Å². The molecule has 1 N–H and O–H groups in total. The van der Waals surface area contributed by atoms with Gasteiger partial charge in [0.05, 0.1) is 17.6 Å². The van der Waals surface area contributed by atoms with Crippen LogP contribution < -0.4 is 10.3 Å². The first-order valence-electron chi connectivity index (χ1n) is 5.93. The van der Waals surface area contributed by atoms with Crippen molar-refractivity contribution in [2.45, 2.75) is 26.2 Å². The van der Waals surface area contributed by atoms with Crippen molar-refractivity contribution >= 4 is 11.0 Å². The molecule has 1 heterocycles. The van der Waals surface area contributed by atoms with E-state index in [4.69, 9.17) is 4.74 Å². The molecule has 0 saturated carbocycles. The number of fused-ring (bicyclic) bond motifs is 1. The first-order chi connectivity index (χ1) is 8.31. The minimum Gasteiger partial charge on any atom is -0.474 e. The molecule has 2 aromatic rings. The number of hydrogen-bond acceptors (Lipinski definition) is 3. The third-order valence-corrected chi connectivity index (χ3v) is 2.56. The van der Waals surface area contributed by atoms with Gasteiger partial charge in [-0.15, -0.1) is 0 Å². The Kier molecular flexibility index (Phi) is 3.75. The highest BCUT2D eigenvalue weighted by Crippen LogP contribution is 2.09. The van der Waals surface area contributed by atoms with Crippen LogP contribution in [0.1, 0.15) is 26.2 Å². The van der Waals surface area contributed by atoms with Crippen molar-refractivity contribution < 1.29 is 4.74 Å². The van der Waals surface area contributed by atoms with E-state index in [1.807, 2.05) is 24.3 Å². The van der Waals surface area contributed by atoms with Gasteiger partial charge in [-0.1, -0.05) is 31.9 Å². The molecular formula is C13H16N2O2. The van der Waals surface area contributed by atoms with Gasteiger partial charge in [0.25, 0.3) is 5.88 Å². The Hall–Kier alpha value is -1.84. The van der Waals surface area contributed by atoms with Crippen LogP contribution in [0.3, 0.4) is 0 Å². The van der Waals surface area contributed by atoms with Crippen molar-refractivity contribution in [3.63, 3.8) is 0 Å². The second kappa shape index (κ2) is 5.48. The third kappa shape index (κ3) is 2.84. The first kappa shape index (κ1) is 11.6. The van der Waals surface area contributed by atoms with Crippen LogP contribution in [0.4, 0.5) is 0 Å². The van der Waals surface area contributed by atoms with Gasteiger partial charge in [-0.3, -0.25) is 4.79 Å². The second-order valence-corrected chi connectivity index (χ2v) is 3.94. The van der Waals surface area contributed by atoms with E-state index in [-0.39, 0.29) is 11.4 Å². The summed E-state index contributed by atoms with van der Waals surface area (Å²) in [6, 6.07) is 7.42.